The molecular weight excluding hydrogens is 602 g/mol. The monoisotopic (exact) mass is 651 g/mol. The van der Waals surface area contributed by atoms with E-state index < -0.39 is 15.5 Å². The Balaban J connectivity index is 1.46. The third kappa shape index (κ3) is 6.71. The molecule has 1 aromatic rings. The number of hydrazone groups is 1. The first-order valence-electron chi connectivity index (χ1n) is 17.1. The second-order valence-electron chi connectivity index (χ2n) is 15.1. The number of Topliss-reactive ketones (excluding diaryl/α,β-unsaturated/α-hetero) is 1. The number of fused-ring (bicyclic) bond motifs is 5. The zero-order valence-electron chi connectivity index (χ0n) is 28.2. The Bertz CT molecular complexity index is 1490. The quantitative estimate of drug-likeness (QED) is 0.136. The second kappa shape index (κ2) is 13.4. The van der Waals surface area contributed by atoms with Crippen LogP contribution in [0.4, 0.5) is 17.1 Å². The molecule has 0 bridgehead atoms. The van der Waals surface area contributed by atoms with Crippen LogP contribution in [0.25, 0.3) is 0 Å². The number of hydrogen-bond acceptors (Lipinski definition) is 9. The number of non-ortho nitro benzene ring substituents is 1. The molecule has 1 aromatic carbocycles. The van der Waals surface area contributed by atoms with Gasteiger partial charge in [0.05, 0.1) is 22.0 Å². The fourth-order valence-corrected chi connectivity index (χ4v) is 9.70. The van der Waals surface area contributed by atoms with Gasteiger partial charge in [-0.2, -0.15) is 5.10 Å². The minimum absolute atomic E-state index is 0.0436. The Labute approximate surface area is 276 Å². The molecule has 0 radical (unpaired) electrons. The molecule has 9 unspecified atom stereocenters. The maximum absolute atomic E-state index is 13.9. The fraction of sp³-hybridized carbons (Fsp3) is 0.686. The van der Waals surface area contributed by atoms with Gasteiger partial charge in [-0.3, -0.25) is 35.2 Å². The molecule has 12 nitrogen and oxygen atoms in total. The number of carbonyl (C=O) groups is 2. The first-order valence-corrected chi connectivity index (χ1v) is 17.1. The first kappa shape index (κ1) is 34.7. The standard InChI is InChI=1S/C35H49N5O7/c1-20(19-36-22(3)41)6-11-32(43)21(2)33-30(38-37-29-10-8-24(39(44)45)17-31(29)40(46)47)18-28-26-9-7-23-16-25(42)12-14-34(23,4)27(26)13-15-35(28,33)5/h7-8,10,17,20-21,25-28,33,37,42H,6,9,11-16,18-19H2,1-5H3,(H,36,41)/b38-30+. The molecule has 0 aliphatic heterocycles. The van der Waals surface area contributed by atoms with Crippen molar-refractivity contribution < 1.29 is 24.5 Å². The van der Waals surface area contributed by atoms with Crippen LogP contribution in [-0.2, 0) is 9.59 Å². The highest BCUT2D eigenvalue weighted by Gasteiger charge is 2.61. The number of aliphatic hydroxyl groups excluding tert-OH is 1. The Morgan fingerprint density at radius 3 is 2.51 bits per heavy atom. The maximum atomic E-state index is 13.9. The van der Waals surface area contributed by atoms with Crippen molar-refractivity contribution in [2.75, 3.05) is 12.0 Å². The van der Waals surface area contributed by atoms with Gasteiger partial charge in [0.15, 0.2) is 0 Å². The summed E-state index contributed by atoms with van der Waals surface area (Å²) in [5.74, 6) is 0.795. The molecule has 9 atom stereocenters. The smallest absolute Gasteiger partial charge is 0.301 e. The van der Waals surface area contributed by atoms with Crippen molar-refractivity contribution in [3.63, 3.8) is 0 Å². The number of ketones is 1. The highest BCUT2D eigenvalue weighted by atomic mass is 16.6. The number of aliphatic hydroxyl groups is 1. The zero-order valence-corrected chi connectivity index (χ0v) is 28.2. The van der Waals surface area contributed by atoms with Crippen molar-refractivity contribution in [1.29, 1.82) is 0 Å². The lowest BCUT2D eigenvalue weighted by Crippen LogP contribution is -2.51. The summed E-state index contributed by atoms with van der Waals surface area (Å²) in [7, 11) is 0. The number of allylic oxidation sites excluding steroid dienone is 1. The van der Waals surface area contributed by atoms with E-state index >= 15 is 0 Å². The van der Waals surface area contributed by atoms with E-state index in [1.54, 1.807) is 0 Å². The summed E-state index contributed by atoms with van der Waals surface area (Å²) in [4.78, 5) is 47.0. The molecule has 1 amide bonds. The summed E-state index contributed by atoms with van der Waals surface area (Å²) in [5.41, 5.74) is 4.18. The van der Waals surface area contributed by atoms with Gasteiger partial charge in [0.1, 0.15) is 11.5 Å². The van der Waals surface area contributed by atoms with Crippen LogP contribution < -0.4 is 10.7 Å². The molecule has 3 saturated carbocycles. The largest absolute Gasteiger partial charge is 0.393 e. The molecule has 12 heteroatoms. The summed E-state index contributed by atoms with van der Waals surface area (Å²) in [6.45, 7) is 10.7. The number of carbonyl (C=O) groups excluding carboxylic acids is 2. The van der Waals surface area contributed by atoms with Gasteiger partial charge < -0.3 is 10.4 Å². The van der Waals surface area contributed by atoms with Crippen LogP contribution in [0.1, 0.15) is 92.4 Å². The molecule has 3 N–H and O–H groups in total. The van der Waals surface area contributed by atoms with Gasteiger partial charge in [0.25, 0.3) is 5.69 Å². The van der Waals surface area contributed by atoms with Crippen molar-refractivity contribution in [3.05, 3.63) is 50.1 Å². The van der Waals surface area contributed by atoms with Crippen LogP contribution in [0.3, 0.4) is 0 Å². The molecule has 0 aromatic heterocycles. The van der Waals surface area contributed by atoms with Crippen LogP contribution in [0.5, 0.6) is 0 Å². The fourth-order valence-electron chi connectivity index (χ4n) is 9.70. The van der Waals surface area contributed by atoms with Gasteiger partial charge in [-0.05, 0) is 91.9 Å². The normalized spacial score (nSPS) is 33.4. The summed E-state index contributed by atoms with van der Waals surface area (Å²) >= 11 is 0. The van der Waals surface area contributed by atoms with Gasteiger partial charge in [-0.25, -0.2) is 0 Å². The Morgan fingerprint density at radius 1 is 1.09 bits per heavy atom. The number of nitro groups is 2. The van der Waals surface area contributed by atoms with Gasteiger partial charge in [-0.15, -0.1) is 0 Å². The summed E-state index contributed by atoms with van der Waals surface area (Å²) < 4.78 is 0. The molecule has 0 spiro atoms. The number of amides is 1. The highest BCUT2D eigenvalue weighted by molar-refractivity contribution is 5.96. The predicted molar refractivity (Wildman–Crippen MR) is 179 cm³/mol. The van der Waals surface area contributed by atoms with Crippen LogP contribution >= 0.6 is 0 Å². The van der Waals surface area contributed by atoms with Crippen LogP contribution in [-0.4, -0.2) is 45.0 Å². The minimum Gasteiger partial charge on any atom is -0.393 e. The number of nitrogens with zero attached hydrogens (tertiary/aromatic N) is 3. The average molecular weight is 652 g/mol. The van der Waals surface area contributed by atoms with Gasteiger partial charge in [-0.1, -0.05) is 39.3 Å². The lowest BCUT2D eigenvalue weighted by atomic mass is 9.47. The molecule has 5 rings (SSSR count). The van der Waals surface area contributed by atoms with Gasteiger partial charge in [0, 0.05) is 43.5 Å². The number of hydrogen-bond donors (Lipinski definition) is 3. The Hall–Kier alpha value is -3.67. The van der Waals surface area contributed by atoms with E-state index in [1.165, 1.54) is 24.6 Å². The van der Waals surface area contributed by atoms with Gasteiger partial charge >= 0.3 is 5.69 Å². The average Bonchev–Trinajstić information content (AvgIpc) is 3.33. The topological polar surface area (TPSA) is 177 Å². The molecule has 0 saturated heterocycles. The lowest BCUT2D eigenvalue weighted by molar-refractivity contribution is -0.393. The Kier molecular flexibility index (Phi) is 9.92. The number of rotatable bonds is 11. The van der Waals surface area contributed by atoms with Crippen LogP contribution in [0.2, 0.25) is 0 Å². The predicted octanol–water partition coefficient (Wildman–Crippen LogP) is 6.58. The maximum Gasteiger partial charge on any atom is 0.301 e. The number of anilines is 1. The van der Waals surface area contributed by atoms with Crippen molar-refractivity contribution in [2.45, 2.75) is 98.5 Å². The third-order valence-electron chi connectivity index (χ3n) is 12.3. The summed E-state index contributed by atoms with van der Waals surface area (Å²) in [6.07, 6.45) is 9.17. The van der Waals surface area contributed by atoms with Crippen molar-refractivity contribution >= 4 is 34.5 Å². The van der Waals surface area contributed by atoms with Crippen LogP contribution in [0, 0.1) is 66.6 Å². The SMILES string of the molecule is CC(=O)NCC(C)CCC(=O)C(C)C1/C(=N/Nc2ccc([N+](=O)[O-])cc2[N+](=O)[O-])CC2C3CC=C4CC(O)CCC4(C)C3CCC21C. The molecule has 4 aliphatic rings. The molecule has 0 heterocycles. The summed E-state index contributed by atoms with van der Waals surface area (Å²) in [6, 6.07) is 3.46. The van der Waals surface area contributed by atoms with E-state index in [4.69, 9.17) is 5.10 Å². The molecule has 3 fully saturated rings. The molecule has 256 valence electrons. The molecular formula is C35H49N5O7. The second-order valence-corrected chi connectivity index (χ2v) is 15.1. The lowest BCUT2D eigenvalue weighted by Gasteiger charge is -2.58. The number of nitro benzene ring substituents is 2. The van der Waals surface area contributed by atoms with Gasteiger partial charge in [0.2, 0.25) is 5.91 Å². The molecule has 4 aliphatic carbocycles. The number of nitrogens with one attached hydrogen (secondary N) is 2. The Morgan fingerprint density at radius 2 is 1.83 bits per heavy atom. The van der Waals surface area contributed by atoms with Crippen molar-refractivity contribution in [3.8, 4) is 0 Å². The summed E-state index contributed by atoms with van der Waals surface area (Å²) in [5, 5.41) is 41.2. The molecule has 47 heavy (non-hydrogen) atoms. The van der Waals surface area contributed by atoms with Crippen molar-refractivity contribution in [2.24, 2.45) is 51.4 Å². The van der Waals surface area contributed by atoms with E-state index in [1.807, 2.05) is 13.8 Å². The number of benzene rings is 1. The minimum atomic E-state index is -0.667. The van der Waals surface area contributed by atoms with Crippen LogP contribution in [0.15, 0.2) is 34.9 Å². The van der Waals surface area contributed by atoms with E-state index in [9.17, 15) is 34.9 Å². The van der Waals surface area contributed by atoms with E-state index in [-0.39, 0.29) is 63.7 Å². The van der Waals surface area contributed by atoms with E-state index in [0.29, 0.717) is 37.6 Å². The van der Waals surface area contributed by atoms with E-state index in [0.717, 1.165) is 50.3 Å². The zero-order chi connectivity index (χ0) is 34.3. The first-order chi connectivity index (χ1) is 22.2. The third-order valence-corrected chi connectivity index (χ3v) is 12.3. The van der Waals surface area contributed by atoms with Crippen molar-refractivity contribution in [1.82, 2.24) is 5.32 Å². The highest BCUT2D eigenvalue weighted by Crippen LogP contribution is 2.66. The van der Waals surface area contributed by atoms with E-state index in [2.05, 4.69) is 30.7 Å².